The Hall–Kier alpha value is -1.53. The first-order valence-corrected chi connectivity index (χ1v) is 5.37. The monoisotopic (exact) mass is 212 g/mol. The van der Waals surface area contributed by atoms with Crippen molar-refractivity contribution >= 4 is 15.7 Å². The van der Waals surface area contributed by atoms with E-state index >= 15 is 0 Å². The molecule has 0 radical (unpaired) electrons. The zero-order chi connectivity index (χ0) is 10.2. The number of hydrogen-bond donors (Lipinski definition) is 2. The molecule has 1 aromatic carbocycles. The number of primary sulfonamides is 1. The van der Waals surface area contributed by atoms with E-state index in [-0.39, 0.29) is 4.90 Å². The Labute approximate surface area is 81.2 Å². The molecule has 0 aromatic heterocycles. The lowest BCUT2D eigenvalue weighted by molar-refractivity contribution is 0.475. The summed E-state index contributed by atoms with van der Waals surface area (Å²) in [7, 11) is -3.67. The van der Waals surface area contributed by atoms with Gasteiger partial charge < -0.3 is 10.1 Å². The number of benzene rings is 1. The Bertz CT molecular complexity index is 493. The Kier molecular flexibility index (Phi) is 1.94. The van der Waals surface area contributed by atoms with Crippen molar-refractivity contribution in [1.82, 2.24) is 0 Å². The molecule has 1 aliphatic rings. The van der Waals surface area contributed by atoms with Crippen molar-refractivity contribution in [3.8, 4) is 5.75 Å². The van der Waals surface area contributed by atoms with Crippen LogP contribution in [0.5, 0.6) is 5.75 Å². The zero-order valence-corrected chi connectivity index (χ0v) is 7.91. The van der Waals surface area contributed by atoms with Crippen molar-refractivity contribution in [2.24, 2.45) is 5.14 Å². The van der Waals surface area contributed by atoms with Gasteiger partial charge in [-0.3, -0.25) is 0 Å². The summed E-state index contributed by atoms with van der Waals surface area (Å²) in [6.45, 7) is 0. The molecule has 0 spiro atoms. The van der Waals surface area contributed by atoms with Gasteiger partial charge in [0, 0.05) is 12.3 Å². The first-order valence-electron chi connectivity index (χ1n) is 3.82. The van der Waals surface area contributed by atoms with Crippen LogP contribution in [0.3, 0.4) is 0 Å². The predicted octanol–water partition coefficient (Wildman–Crippen LogP) is 0.610. The van der Waals surface area contributed by atoms with E-state index in [0.717, 1.165) is 0 Å². The SMILES string of the molecule is NS(=O)(=O)c1ccc2c(c1)OC=CN2. The second kappa shape index (κ2) is 3.00. The summed E-state index contributed by atoms with van der Waals surface area (Å²) < 4.78 is 27.1. The molecule has 0 unspecified atom stereocenters. The highest BCUT2D eigenvalue weighted by atomic mass is 32.2. The maximum atomic E-state index is 11.0. The topological polar surface area (TPSA) is 81.4 Å². The van der Waals surface area contributed by atoms with E-state index in [1.54, 1.807) is 12.3 Å². The van der Waals surface area contributed by atoms with Gasteiger partial charge >= 0.3 is 0 Å². The van der Waals surface area contributed by atoms with Crippen LogP contribution in [0.2, 0.25) is 0 Å². The lowest BCUT2D eigenvalue weighted by Crippen LogP contribution is -2.12. The minimum atomic E-state index is -3.67. The quantitative estimate of drug-likeness (QED) is 0.714. The summed E-state index contributed by atoms with van der Waals surface area (Å²) in [6, 6.07) is 4.39. The van der Waals surface area contributed by atoms with Crippen molar-refractivity contribution in [2.75, 3.05) is 5.32 Å². The van der Waals surface area contributed by atoms with Gasteiger partial charge in [0.15, 0.2) is 5.75 Å². The number of hydrogen-bond acceptors (Lipinski definition) is 4. The predicted molar refractivity (Wildman–Crippen MR) is 51.2 cm³/mol. The summed E-state index contributed by atoms with van der Waals surface area (Å²) in [5.74, 6) is 0.444. The van der Waals surface area contributed by atoms with Crippen molar-refractivity contribution in [3.63, 3.8) is 0 Å². The fourth-order valence-electron chi connectivity index (χ4n) is 1.13. The largest absolute Gasteiger partial charge is 0.461 e. The molecule has 0 amide bonds. The number of ether oxygens (including phenoxy) is 1. The maximum Gasteiger partial charge on any atom is 0.238 e. The lowest BCUT2D eigenvalue weighted by atomic mass is 10.3. The Balaban J connectivity index is 2.52. The highest BCUT2D eigenvalue weighted by Crippen LogP contribution is 2.29. The average Bonchev–Trinajstić information content (AvgIpc) is 2.16. The van der Waals surface area contributed by atoms with Gasteiger partial charge in [0.1, 0.15) is 6.26 Å². The van der Waals surface area contributed by atoms with Gasteiger partial charge in [-0.05, 0) is 12.1 Å². The smallest absolute Gasteiger partial charge is 0.238 e. The van der Waals surface area contributed by atoms with Crippen LogP contribution in [0.15, 0.2) is 35.6 Å². The summed E-state index contributed by atoms with van der Waals surface area (Å²) in [4.78, 5) is 0.0355. The van der Waals surface area contributed by atoms with Gasteiger partial charge in [0.05, 0.1) is 10.6 Å². The fraction of sp³-hybridized carbons (Fsp3) is 0. The molecule has 1 heterocycles. The highest BCUT2D eigenvalue weighted by Gasteiger charge is 2.12. The summed E-state index contributed by atoms with van der Waals surface area (Å²) in [5, 5.41) is 7.87. The number of nitrogens with two attached hydrogens (primary N) is 1. The third-order valence-electron chi connectivity index (χ3n) is 1.78. The summed E-state index contributed by atoms with van der Waals surface area (Å²) in [5.41, 5.74) is 0.708. The molecule has 0 fully saturated rings. The minimum absolute atomic E-state index is 0.0355. The second-order valence-corrected chi connectivity index (χ2v) is 4.33. The van der Waals surface area contributed by atoms with Crippen LogP contribution in [0, 0.1) is 0 Å². The van der Waals surface area contributed by atoms with Crippen LogP contribution < -0.4 is 15.2 Å². The zero-order valence-electron chi connectivity index (χ0n) is 7.10. The van der Waals surface area contributed by atoms with Gasteiger partial charge in [0.2, 0.25) is 10.0 Å². The second-order valence-electron chi connectivity index (χ2n) is 2.77. The van der Waals surface area contributed by atoms with Crippen molar-refractivity contribution in [1.29, 1.82) is 0 Å². The molecule has 0 saturated heterocycles. The lowest BCUT2D eigenvalue weighted by Gasteiger charge is -2.13. The first-order chi connectivity index (χ1) is 6.57. The van der Waals surface area contributed by atoms with Gasteiger partial charge in [-0.15, -0.1) is 0 Å². The van der Waals surface area contributed by atoms with E-state index in [9.17, 15) is 8.42 Å². The number of fused-ring (bicyclic) bond motifs is 1. The van der Waals surface area contributed by atoms with E-state index in [0.29, 0.717) is 11.4 Å². The minimum Gasteiger partial charge on any atom is -0.461 e. The van der Waals surface area contributed by atoms with Crippen molar-refractivity contribution < 1.29 is 13.2 Å². The molecule has 6 heteroatoms. The van der Waals surface area contributed by atoms with Crippen LogP contribution >= 0.6 is 0 Å². The number of nitrogens with one attached hydrogen (secondary N) is 1. The maximum absolute atomic E-state index is 11.0. The first kappa shape index (κ1) is 9.04. The van der Waals surface area contributed by atoms with Crippen LogP contribution in [-0.4, -0.2) is 8.42 Å². The third-order valence-corrected chi connectivity index (χ3v) is 2.69. The van der Waals surface area contributed by atoms with E-state index < -0.39 is 10.0 Å². The fourth-order valence-corrected chi connectivity index (χ4v) is 1.66. The molecule has 3 N–H and O–H groups in total. The third kappa shape index (κ3) is 1.57. The normalized spacial score (nSPS) is 14.1. The molecule has 0 atom stereocenters. The standard InChI is InChI=1S/C8H8N2O3S/c9-14(11,12)6-1-2-7-8(5-6)13-4-3-10-7/h1-5,10H,(H2,9,11,12). The molecule has 0 aliphatic carbocycles. The Morgan fingerprint density at radius 1 is 1.36 bits per heavy atom. The molecule has 1 aliphatic heterocycles. The molecule has 2 rings (SSSR count). The number of anilines is 1. The molecule has 5 nitrogen and oxygen atoms in total. The molecular formula is C8H8N2O3S. The summed E-state index contributed by atoms with van der Waals surface area (Å²) in [6.07, 6.45) is 3.04. The number of sulfonamides is 1. The molecular weight excluding hydrogens is 204 g/mol. The van der Waals surface area contributed by atoms with Gasteiger partial charge in [-0.2, -0.15) is 0 Å². The van der Waals surface area contributed by atoms with E-state index in [1.807, 2.05) is 0 Å². The van der Waals surface area contributed by atoms with Crippen LogP contribution in [0.4, 0.5) is 5.69 Å². The molecule has 0 saturated carbocycles. The van der Waals surface area contributed by atoms with Crippen molar-refractivity contribution in [2.45, 2.75) is 4.90 Å². The molecule has 74 valence electrons. The average molecular weight is 212 g/mol. The highest BCUT2D eigenvalue weighted by molar-refractivity contribution is 7.89. The molecule has 1 aromatic rings. The summed E-state index contributed by atoms with van der Waals surface area (Å²) >= 11 is 0. The van der Waals surface area contributed by atoms with Gasteiger partial charge in [0.25, 0.3) is 0 Å². The van der Waals surface area contributed by atoms with Crippen LogP contribution in [0.1, 0.15) is 0 Å². The Morgan fingerprint density at radius 3 is 2.86 bits per heavy atom. The van der Waals surface area contributed by atoms with E-state index in [2.05, 4.69) is 5.32 Å². The van der Waals surface area contributed by atoms with Crippen LogP contribution in [0.25, 0.3) is 0 Å². The van der Waals surface area contributed by atoms with E-state index in [1.165, 1.54) is 18.4 Å². The molecule has 0 bridgehead atoms. The van der Waals surface area contributed by atoms with Crippen LogP contribution in [-0.2, 0) is 10.0 Å². The number of rotatable bonds is 1. The van der Waals surface area contributed by atoms with E-state index in [4.69, 9.17) is 9.88 Å². The Morgan fingerprint density at radius 2 is 2.14 bits per heavy atom. The van der Waals surface area contributed by atoms with Gasteiger partial charge in [-0.25, -0.2) is 13.6 Å². The van der Waals surface area contributed by atoms with Crippen molar-refractivity contribution in [3.05, 3.63) is 30.7 Å². The molecule has 14 heavy (non-hydrogen) atoms. The van der Waals surface area contributed by atoms with Gasteiger partial charge in [-0.1, -0.05) is 0 Å².